The molecule has 1 heteroatoms. The quantitative estimate of drug-likeness (QED) is 0.489. The molecule has 0 aliphatic carbocycles. The Bertz CT molecular complexity index is 150. The number of hydrogen-bond acceptors (Lipinski definition) is 1. The van der Waals surface area contributed by atoms with Gasteiger partial charge in [-0.1, -0.05) is 20.8 Å². The van der Waals surface area contributed by atoms with Crippen molar-refractivity contribution in [2.75, 3.05) is 13.1 Å². The Kier molecular flexibility index (Phi) is 6.90. The van der Waals surface area contributed by atoms with Gasteiger partial charge in [0.25, 0.3) is 0 Å². The summed E-state index contributed by atoms with van der Waals surface area (Å²) in [7, 11) is 0. The highest BCUT2D eigenvalue weighted by Crippen LogP contribution is 2.07. The van der Waals surface area contributed by atoms with Gasteiger partial charge in [-0.25, -0.2) is 0 Å². The van der Waals surface area contributed by atoms with E-state index in [0.717, 1.165) is 31.3 Å². The van der Waals surface area contributed by atoms with E-state index in [0.29, 0.717) is 0 Å². The first-order valence-electron chi connectivity index (χ1n) is 4.78. The van der Waals surface area contributed by atoms with Gasteiger partial charge in [-0.15, -0.1) is 11.8 Å². The Hall–Kier alpha value is -0.480. The van der Waals surface area contributed by atoms with Crippen LogP contribution in [-0.2, 0) is 0 Å². The van der Waals surface area contributed by atoms with Crippen LogP contribution in [0.5, 0.6) is 0 Å². The van der Waals surface area contributed by atoms with Gasteiger partial charge in [-0.3, -0.25) is 0 Å². The van der Waals surface area contributed by atoms with Gasteiger partial charge in [-0.2, -0.15) is 0 Å². The summed E-state index contributed by atoms with van der Waals surface area (Å²) in [5, 5.41) is 3.40. The number of hydrogen-bond donors (Lipinski definition) is 1. The maximum absolute atomic E-state index is 3.40. The summed E-state index contributed by atoms with van der Waals surface area (Å²) in [4.78, 5) is 0. The average Bonchev–Trinajstić information content (AvgIpc) is 2.03. The smallest absolute Gasteiger partial charge is 0.0214 e. The van der Waals surface area contributed by atoms with Crippen molar-refractivity contribution >= 4 is 0 Å². The summed E-state index contributed by atoms with van der Waals surface area (Å²) in [5.74, 6) is 7.46. The van der Waals surface area contributed by atoms with Gasteiger partial charge in [0.05, 0.1) is 0 Å². The van der Waals surface area contributed by atoms with Crippen molar-refractivity contribution in [1.82, 2.24) is 5.32 Å². The zero-order valence-electron chi connectivity index (χ0n) is 8.78. The molecule has 0 saturated carbocycles. The third-order valence-electron chi connectivity index (χ3n) is 2.21. The van der Waals surface area contributed by atoms with E-state index < -0.39 is 0 Å². The Morgan fingerprint density at radius 3 is 2.42 bits per heavy atom. The van der Waals surface area contributed by atoms with Crippen LogP contribution in [-0.4, -0.2) is 13.1 Å². The molecule has 0 saturated heterocycles. The molecule has 0 aliphatic heterocycles. The molecule has 0 spiro atoms. The van der Waals surface area contributed by atoms with Crippen molar-refractivity contribution in [3.63, 3.8) is 0 Å². The lowest BCUT2D eigenvalue weighted by Crippen LogP contribution is -2.24. The minimum atomic E-state index is 0.764. The van der Waals surface area contributed by atoms with E-state index in [4.69, 9.17) is 0 Å². The SMILES string of the molecule is CC#CCCNCC(C)C(C)C. The molecule has 0 aromatic heterocycles. The van der Waals surface area contributed by atoms with E-state index in [1.54, 1.807) is 0 Å². The highest BCUT2D eigenvalue weighted by Gasteiger charge is 2.04. The largest absolute Gasteiger partial charge is 0.316 e. The van der Waals surface area contributed by atoms with Crippen LogP contribution >= 0.6 is 0 Å². The molecule has 0 amide bonds. The molecular formula is C11H21N. The van der Waals surface area contributed by atoms with Crippen LogP contribution < -0.4 is 5.32 Å². The molecule has 0 fully saturated rings. The van der Waals surface area contributed by atoms with E-state index >= 15 is 0 Å². The van der Waals surface area contributed by atoms with Crippen LogP contribution in [0.15, 0.2) is 0 Å². The van der Waals surface area contributed by atoms with Crippen molar-refractivity contribution < 1.29 is 0 Å². The Labute approximate surface area is 76.9 Å². The highest BCUT2D eigenvalue weighted by atomic mass is 14.8. The molecule has 12 heavy (non-hydrogen) atoms. The number of rotatable bonds is 5. The molecule has 0 aromatic rings. The van der Waals surface area contributed by atoms with Crippen molar-refractivity contribution in [1.29, 1.82) is 0 Å². The van der Waals surface area contributed by atoms with Crippen LogP contribution in [0, 0.1) is 23.7 Å². The molecule has 0 aromatic carbocycles. The first kappa shape index (κ1) is 11.5. The maximum atomic E-state index is 3.40. The number of nitrogens with one attached hydrogen (secondary N) is 1. The first-order chi connectivity index (χ1) is 5.68. The zero-order chi connectivity index (χ0) is 9.40. The van der Waals surface area contributed by atoms with Gasteiger partial charge < -0.3 is 5.32 Å². The van der Waals surface area contributed by atoms with Crippen molar-refractivity contribution in [3.05, 3.63) is 0 Å². The maximum Gasteiger partial charge on any atom is 0.0214 e. The summed E-state index contributed by atoms with van der Waals surface area (Å²) in [6.45, 7) is 10.8. The molecule has 0 rings (SSSR count). The van der Waals surface area contributed by atoms with Crippen molar-refractivity contribution in [2.24, 2.45) is 11.8 Å². The summed E-state index contributed by atoms with van der Waals surface area (Å²) >= 11 is 0. The van der Waals surface area contributed by atoms with E-state index in [9.17, 15) is 0 Å². The molecule has 0 bridgehead atoms. The Morgan fingerprint density at radius 2 is 1.92 bits per heavy atom. The second kappa shape index (κ2) is 7.18. The topological polar surface area (TPSA) is 12.0 Å². The van der Waals surface area contributed by atoms with Crippen LogP contribution in [0.4, 0.5) is 0 Å². The minimum absolute atomic E-state index is 0.764. The lowest BCUT2D eigenvalue weighted by Gasteiger charge is -2.15. The Balaban J connectivity index is 3.23. The van der Waals surface area contributed by atoms with E-state index in [-0.39, 0.29) is 0 Å². The predicted octanol–water partition coefficient (Wildman–Crippen LogP) is 2.28. The van der Waals surface area contributed by atoms with Gasteiger partial charge in [0.1, 0.15) is 0 Å². The summed E-state index contributed by atoms with van der Waals surface area (Å²) in [6, 6.07) is 0. The first-order valence-corrected chi connectivity index (χ1v) is 4.78. The minimum Gasteiger partial charge on any atom is -0.316 e. The van der Waals surface area contributed by atoms with Crippen molar-refractivity contribution in [2.45, 2.75) is 34.1 Å². The molecule has 1 nitrogen and oxygen atoms in total. The monoisotopic (exact) mass is 167 g/mol. The fraction of sp³-hybridized carbons (Fsp3) is 0.818. The second-order valence-corrected chi connectivity index (χ2v) is 3.60. The molecule has 0 radical (unpaired) electrons. The van der Waals surface area contributed by atoms with Crippen LogP contribution in [0.1, 0.15) is 34.1 Å². The molecule has 1 N–H and O–H groups in total. The van der Waals surface area contributed by atoms with Crippen LogP contribution in [0.2, 0.25) is 0 Å². The Morgan fingerprint density at radius 1 is 1.25 bits per heavy atom. The summed E-state index contributed by atoms with van der Waals surface area (Å²) < 4.78 is 0. The fourth-order valence-electron chi connectivity index (χ4n) is 0.841. The predicted molar refractivity (Wildman–Crippen MR) is 54.9 cm³/mol. The van der Waals surface area contributed by atoms with E-state index in [1.807, 2.05) is 6.92 Å². The summed E-state index contributed by atoms with van der Waals surface area (Å²) in [6.07, 6.45) is 0.974. The highest BCUT2D eigenvalue weighted by molar-refractivity contribution is 4.95. The lowest BCUT2D eigenvalue weighted by atomic mass is 9.98. The average molecular weight is 167 g/mol. The van der Waals surface area contributed by atoms with Crippen LogP contribution in [0.3, 0.4) is 0 Å². The second-order valence-electron chi connectivity index (χ2n) is 3.60. The van der Waals surface area contributed by atoms with E-state index in [2.05, 4.69) is 37.9 Å². The third-order valence-corrected chi connectivity index (χ3v) is 2.21. The van der Waals surface area contributed by atoms with Gasteiger partial charge >= 0.3 is 0 Å². The standard InChI is InChI=1S/C11H21N/c1-5-6-7-8-12-9-11(4)10(2)3/h10-12H,7-9H2,1-4H3. The molecule has 70 valence electrons. The fourth-order valence-corrected chi connectivity index (χ4v) is 0.841. The molecule has 0 heterocycles. The lowest BCUT2D eigenvalue weighted by molar-refractivity contribution is 0.395. The summed E-state index contributed by atoms with van der Waals surface area (Å²) in [5.41, 5.74) is 0. The molecule has 1 unspecified atom stereocenters. The van der Waals surface area contributed by atoms with Gasteiger partial charge in [0.15, 0.2) is 0 Å². The van der Waals surface area contributed by atoms with Gasteiger partial charge in [0.2, 0.25) is 0 Å². The molecule has 1 atom stereocenters. The van der Waals surface area contributed by atoms with Crippen molar-refractivity contribution in [3.8, 4) is 11.8 Å². The normalized spacial score (nSPS) is 12.4. The third kappa shape index (κ3) is 6.24. The van der Waals surface area contributed by atoms with Gasteiger partial charge in [0, 0.05) is 13.0 Å². The molecule has 0 aliphatic rings. The van der Waals surface area contributed by atoms with Crippen LogP contribution in [0.25, 0.3) is 0 Å². The molecular weight excluding hydrogens is 146 g/mol. The van der Waals surface area contributed by atoms with Gasteiger partial charge in [-0.05, 0) is 25.3 Å². The zero-order valence-corrected chi connectivity index (χ0v) is 8.78. The van der Waals surface area contributed by atoms with E-state index in [1.165, 1.54) is 0 Å².